The summed E-state index contributed by atoms with van der Waals surface area (Å²) in [4.78, 5) is 24.1. The molecule has 0 bridgehead atoms. The van der Waals surface area contributed by atoms with Gasteiger partial charge in [-0.25, -0.2) is 4.79 Å². The van der Waals surface area contributed by atoms with Crippen molar-refractivity contribution in [3.63, 3.8) is 0 Å². The molecule has 2 rings (SSSR count). The molecule has 20 heavy (non-hydrogen) atoms. The van der Waals surface area contributed by atoms with E-state index in [1.807, 2.05) is 0 Å². The van der Waals surface area contributed by atoms with Gasteiger partial charge in [-0.2, -0.15) is 5.10 Å². The summed E-state index contributed by atoms with van der Waals surface area (Å²) in [6.07, 6.45) is 1.78. The Morgan fingerprint density at radius 2 is 2.30 bits per heavy atom. The summed E-state index contributed by atoms with van der Waals surface area (Å²) < 4.78 is 6.51. The lowest BCUT2D eigenvalue weighted by Gasteiger charge is -2.12. The fourth-order valence-electron chi connectivity index (χ4n) is 2.36. The van der Waals surface area contributed by atoms with Crippen LogP contribution in [-0.2, 0) is 16.6 Å². The van der Waals surface area contributed by atoms with Crippen LogP contribution < -0.4 is 10.6 Å². The van der Waals surface area contributed by atoms with Crippen LogP contribution in [0.3, 0.4) is 0 Å². The van der Waals surface area contributed by atoms with Gasteiger partial charge in [-0.1, -0.05) is 0 Å². The number of rotatable bonds is 4. The molecule has 110 valence electrons. The van der Waals surface area contributed by atoms with Crippen LogP contribution in [0.25, 0.3) is 0 Å². The molecule has 7 heteroatoms. The van der Waals surface area contributed by atoms with E-state index in [4.69, 9.17) is 4.74 Å². The number of amides is 1. The summed E-state index contributed by atoms with van der Waals surface area (Å²) >= 11 is 0. The lowest BCUT2D eigenvalue weighted by atomic mass is 10.2. The Balaban J connectivity index is 2.21. The number of nitrogens with zero attached hydrogens (tertiary/aromatic N) is 2. The molecule has 0 spiro atoms. The molecule has 0 aliphatic carbocycles. The van der Waals surface area contributed by atoms with Crippen LogP contribution in [0.2, 0.25) is 0 Å². The second kappa shape index (κ2) is 6.04. The summed E-state index contributed by atoms with van der Waals surface area (Å²) in [5.41, 5.74) is 0.862. The summed E-state index contributed by atoms with van der Waals surface area (Å²) in [7, 11) is 1.69. The van der Waals surface area contributed by atoms with E-state index in [1.54, 1.807) is 20.9 Å². The van der Waals surface area contributed by atoms with Crippen LogP contribution in [0.5, 0.6) is 0 Å². The average molecular weight is 280 g/mol. The molecule has 1 saturated heterocycles. The largest absolute Gasteiger partial charge is 0.462 e. The van der Waals surface area contributed by atoms with Gasteiger partial charge in [-0.05, 0) is 33.2 Å². The van der Waals surface area contributed by atoms with Gasteiger partial charge in [0, 0.05) is 7.05 Å². The second-order valence-corrected chi connectivity index (χ2v) is 4.79. The van der Waals surface area contributed by atoms with Gasteiger partial charge in [0.15, 0.2) is 0 Å². The first kappa shape index (κ1) is 14.5. The van der Waals surface area contributed by atoms with E-state index in [0.29, 0.717) is 17.1 Å². The molecule has 0 radical (unpaired) electrons. The maximum Gasteiger partial charge on any atom is 0.343 e. The third-order valence-electron chi connectivity index (χ3n) is 3.32. The summed E-state index contributed by atoms with van der Waals surface area (Å²) in [6, 6.07) is -0.208. The Kier molecular flexibility index (Phi) is 4.39. The molecular weight excluding hydrogens is 260 g/mol. The maximum absolute atomic E-state index is 12.1. The first-order chi connectivity index (χ1) is 9.54. The SMILES string of the molecule is CCOC(=O)c1c(C)nn(C)c1NC(=O)C1CCCN1. The van der Waals surface area contributed by atoms with Crippen molar-refractivity contribution in [2.24, 2.45) is 7.05 Å². The highest BCUT2D eigenvalue weighted by atomic mass is 16.5. The highest BCUT2D eigenvalue weighted by molar-refractivity contribution is 6.02. The molecule has 2 heterocycles. The summed E-state index contributed by atoms with van der Waals surface area (Å²) in [5.74, 6) is -0.219. The van der Waals surface area contributed by atoms with Gasteiger partial charge < -0.3 is 15.4 Å². The van der Waals surface area contributed by atoms with Crippen LogP contribution in [0.15, 0.2) is 0 Å². The van der Waals surface area contributed by atoms with Gasteiger partial charge in [-0.15, -0.1) is 0 Å². The topological polar surface area (TPSA) is 85.2 Å². The number of carbonyl (C=O) groups excluding carboxylic acids is 2. The fourth-order valence-corrected chi connectivity index (χ4v) is 2.36. The van der Waals surface area contributed by atoms with Gasteiger partial charge in [0.2, 0.25) is 5.91 Å². The van der Waals surface area contributed by atoms with Gasteiger partial charge in [0.25, 0.3) is 0 Å². The molecule has 1 unspecified atom stereocenters. The van der Waals surface area contributed by atoms with Crippen LogP contribution in [0.1, 0.15) is 35.8 Å². The number of esters is 1. The van der Waals surface area contributed by atoms with E-state index >= 15 is 0 Å². The smallest absolute Gasteiger partial charge is 0.343 e. The van der Waals surface area contributed by atoms with E-state index in [2.05, 4.69) is 15.7 Å². The van der Waals surface area contributed by atoms with E-state index in [-0.39, 0.29) is 18.6 Å². The Hall–Kier alpha value is -1.89. The summed E-state index contributed by atoms with van der Waals surface area (Å²) in [6.45, 7) is 4.58. The van der Waals surface area contributed by atoms with Crippen molar-refractivity contribution in [2.75, 3.05) is 18.5 Å². The molecule has 0 saturated carbocycles. The third kappa shape index (κ3) is 2.82. The van der Waals surface area contributed by atoms with Crippen molar-refractivity contribution in [2.45, 2.75) is 32.7 Å². The Labute approximate surface area is 117 Å². The van der Waals surface area contributed by atoms with Crippen LogP contribution >= 0.6 is 0 Å². The molecule has 1 fully saturated rings. The summed E-state index contributed by atoms with van der Waals surface area (Å²) in [5, 5.41) is 10.1. The number of hydrogen-bond donors (Lipinski definition) is 2. The van der Waals surface area contributed by atoms with Crippen molar-refractivity contribution in [3.8, 4) is 0 Å². The number of aryl methyl sites for hydroxylation is 2. The zero-order chi connectivity index (χ0) is 14.7. The number of ether oxygens (including phenoxy) is 1. The van der Waals surface area contributed by atoms with Gasteiger partial charge >= 0.3 is 5.97 Å². The molecule has 1 amide bonds. The minimum atomic E-state index is -0.465. The second-order valence-electron chi connectivity index (χ2n) is 4.79. The molecule has 1 aliphatic rings. The normalized spacial score (nSPS) is 18.1. The minimum Gasteiger partial charge on any atom is -0.462 e. The minimum absolute atomic E-state index is 0.143. The van der Waals surface area contributed by atoms with Crippen molar-refractivity contribution in [3.05, 3.63) is 11.3 Å². The standard InChI is InChI=1S/C13H20N4O3/c1-4-20-13(19)10-8(2)16-17(3)11(10)15-12(18)9-6-5-7-14-9/h9,14H,4-7H2,1-3H3,(H,15,18). The van der Waals surface area contributed by atoms with E-state index < -0.39 is 5.97 Å². The molecule has 1 aromatic heterocycles. The van der Waals surface area contributed by atoms with Crippen LogP contribution in [0.4, 0.5) is 5.82 Å². The highest BCUT2D eigenvalue weighted by Gasteiger charge is 2.27. The zero-order valence-electron chi connectivity index (χ0n) is 12.0. The number of nitrogens with one attached hydrogen (secondary N) is 2. The monoisotopic (exact) mass is 280 g/mol. The van der Waals surface area contributed by atoms with E-state index in [1.165, 1.54) is 4.68 Å². The van der Waals surface area contributed by atoms with Crippen molar-refractivity contribution < 1.29 is 14.3 Å². The molecule has 1 aliphatic heterocycles. The molecular formula is C13H20N4O3. The fraction of sp³-hybridized carbons (Fsp3) is 0.615. The lowest BCUT2D eigenvalue weighted by Crippen LogP contribution is -2.36. The first-order valence-corrected chi connectivity index (χ1v) is 6.79. The van der Waals surface area contributed by atoms with Crippen LogP contribution in [-0.4, -0.2) is 40.9 Å². The molecule has 2 N–H and O–H groups in total. The van der Waals surface area contributed by atoms with Crippen molar-refractivity contribution in [1.82, 2.24) is 15.1 Å². The predicted octanol–water partition coefficient (Wildman–Crippen LogP) is 0.596. The third-order valence-corrected chi connectivity index (χ3v) is 3.32. The molecule has 7 nitrogen and oxygen atoms in total. The quantitative estimate of drug-likeness (QED) is 0.789. The number of hydrogen-bond acceptors (Lipinski definition) is 5. The van der Waals surface area contributed by atoms with E-state index in [0.717, 1.165) is 19.4 Å². The molecule has 1 atom stereocenters. The Morgan fingerprint density at radius 3 is 2.90 bits per heavy atom. The van der Waals surface area contributed by atoms with Gasteiger partial charge in [-0.3, -0.25) is 9.48 Å². The van der Waals surface area contributed by atoms with Crippen molar-refractivity contribution in [1.29, 1.82) is 0 Å². The Bertz CT molecular complexity index is 518. The number of carbonyl (C=O) groups is 2. The number of aromatic nitrogens is 2. The highest BCUT2D eigenvalue weighted by Crippen LogP contribution is 2.21. The molecule has 1 aromatic rings. The van der Waals surface area contributed by atoms with Crippen molar-refractivity contribution >= 4 is 17.7 Å². The van der Waals surface area contributed by atoms with E-state index in [9.17, 15) is 9.59 Å². The Morgan fingerprint density at radius 1 is 1.55 bits per heavy atom. The lowest BCUT2D eigenvalue weighted by molar-refractivity contribution is -0.117. The average Bonchev–Trinajstić information content (AvgIpc) is 2.99. The maximum atomic E-state index is 12.1. The number of anilines is 1. The predicted molar refractivity (Wildman–Crippen MR) is 73.6 cm³/mol. The molecule has 0 aromatic carbocycles. The van der Waals surface area contributed by atoms with Gasteiger partial charge in [0.05, 0.1) is 18.3 Å². The van der Waals surface area contributed by atoms with Gasteiger partial charge in [0.1, 0.15) is 11.4 Å². The zero-order valence-corrected chi connectivity index (χ0v) is 12.0. The first-order valence-electron chi connectivity index (χ1n) is 6.79. The van der Waals surface area contributed by atoms with Crippen LogP contribution in [0, 0.1) is 6.92 Å².